The molecule has 0 saturated carbocycles. The van der Waals surface area contributed by atoms with Crippen LogP contribution in [-0.4, -0.2) is 52.6 Å². The summed E-state index contributed by atoms with van der Waals surface area (Å²) in [7, 11) is 1.54. The van der Waals surface area contributed by atoms with Crippen molar-refractivity contribution in [3.63, 3.8) is 0 Å². The highest BCUT2D eigenvalue weighted by atomic mass is 19.1. The largest absolute Gasteiger partial charge is 0.493 e. The first-order chi connectivity index (χ1) is 15.6. The Labute approximate surface area is 182 Å². The highest BCUT2D eigenvalue weighted by Gasteiger charge is 2.11. The van der Waals surface area contributed by atoms with Crippen LogP contribution in [0, 0.1) is 5.82 Å². The standard InChI is InChI=1S/C22H20FN5O4/c1-30-17-4-2-3-5-18(17)32-14-20(29)24-12-13-31-21-11-10-19-25-26-22(28(19)27-21)15-6-8-16(23)9-7-15/h2-11H,12-14H2,1H3,(H,24,29). The van der Waals surface area contributed by atoms with Gasteiger partial charge < -0.3 is 19.5 Å². The van der Waals surface area contributed by atoms with E-state index in [9.17, 15) is 9.18 Å². The predicted octanol–water partition coefficient (Wildman–Crippen LogP) is 2.51. The molecule has 1 amide bonds. The number of hydrogen-bond acceptors (Lipinski definition) is 7. The van der Waals surface area contributed by atoms with Crippen molar-refractivity contribution in [2.24, 2.45) is 0 Å². The van der Waals surface area contributed by atoms with E-state index in [4.69, 9.17) is 14.2 Å². The molecule has 9 nitrogen and oxygen atoms in total. The average molecular weight is 437 g/mol. The van der Waals surface area contributed by atoms with Crippen LogP contribution in [0.2, 0.25) is 0 Å². The number of para-hydroxylation sites is 2. The summed E-state index contributed by atoms with van der Waals surface area (Å²) in [4.78, 5) is 12.0. The predicted molar refractivity (Wildman–Crippen MR) is 113 cm³/mol. The van der Waals surface area contributed by atoms with Gasteiger partial charge in [-0.05, 0) is 42.5 Å². The van der Waals surface area contributed by atoms with Crippen molar-refractivity contribution in [1.82, 2.24) is 25.1 Å². The molecule has 0 radical (unpaired) electrons. The number of aromatic nitrogens is 4. The molecule has 2 aromatic carbocycles. The zero-order valence-corrected chi connectivity index (χ0v) is 17.2. The summed E-state index contributed by atoms with van der Waals surface area (Å²) in [6, 6.07) is 16.3. The van der Waals surface area contributed by atoms with E-state index < -0.39 is 0 Å². The second kappa shape index (κ2) is 9.73. The monoisotopic (exact) mass is 437 g/mol. The fourth-order valence-electron chi connectivity index (χ4n) is 2.91. The van der Waals surface area contributed by atoms with Gasteiger partial charge in [-0.25, -0.2) is 4.39 Å². The van der Waals surface area contributed by atoms with E-state index in [0.717, 1.165) is 0 Å². The van der Waals surface area contributed by atoms with Crippen LogP contribution >= 0.6 is 0 Å². The maximum absolute atomic E-state index is 13.2. The smallest absolute Gasteiger partial charge is 0.258 e. The Kier molecular flexibility index (Phi) is 6.40. The third-order valence-corrected chi connectivity index (χ3v) is 4.44. The van der Waals surface area contributed by atoms with E-state index in [2.05, 4.69) is 20.6 Å². The topological polar surface area (TPSA) is 99.9 Å². The molecule has 0 aliphatic heterocycles. The fourth-order valence-corrected chi connectivity index (χ4v) is 2.91. The Bertz CT molecular complexity index is 1210. The number of hydrogen-bond donors (Lipinski definition) is 1. The normalized spacial score (nSPS) is 10.7. The van der Waals surface area contributed by atoms with Crippen molar-refractivity contribution in [2.45, 2.75) is 0 Å². The van der Waals surface area contributed by atoms with E-state index >= 15 is 0 Å². The number of fused-ring (bicyclic) bond motifs is 1. The number of nitrogens with one attached hydrogen (secondary N) is 1. The molecule has 2 aromatic heterocycles. The molecule has 164 valence electrons. The molecule has 4 aromatic rings. The van der Waals surface area contributed by atoms with Gasteiger partial charge >= 0.3 is 0 Å². The number of halogens is 1. The van der Waals surface area contributed by atoms with Gasteiger partial charge in [-0.2, -0.15) is 4.52 Å². The molecule has 32 heavy (non-hydrogen) atoms. The number of nitrogens with zero attached hydrogens (tertiary/aromatic N) is 4. The molecule has 0 fully saturated rings. The lowest BCUT2D eigenvalue weighted by molar-refractivity contribution is -0.123. The summed E-state index contributed by atoms with van der Waals surface area (Å²) in [6.07, 6.45) is 0. The van der Waals surface area contributed by atoms with Crippen LogP contribution in [-0.2, 0) is 4.79 Å². The number of amides is 1. The lowest BCUT2D eigenvalue weighted by Gasteiger charge is -2.11. The van der Waals surface area contributed by atoms with E-state index in [1.54, 1.807) is 42.5 Å². The molecule has 0 aliphatic rings. The molecule has 2 heterocycles. The highest BCUT2D eigenvalue weighted by molar-refractivity contribution is 5.77. The molecule has 0 aliphatic carbocycles. The lowest BCUT2D eigenvalue weighted by atomic mass is 10.2. The van der Waals surface area contributed by atoms with E-state index in [0.29, 0.717) is 34.4 Å². The minimum atomic E-state index is -0.338. The fraction of sp³-hybridized carbons (Fsp3) is 0.182. The quantitative estimate of drug-likeness (QED) is 0.402. The van der Waals surface area contributed by atoms with Crippen molar-refractivity contribution >= 4 is 11.6 Å². The van der Waals surface area contributed by atoms with Gasteiger partial charge in [0.2, 0.25) is 5.88 Å². The minimum absolute atomic E-state index is 0.147. The number of rotatable bonds is 9. The second-order valence-electron chi connectivity index (χ2n) is 6.61. The molecule has 0 saturated heterocycles. The molecule has 0 bridgehead atoms. The second-order valence-corrected chi connectivity index (χ2v) is 6.61. The van der Waals surface area contributed by atoms with E-state index in [1.807, 2.05) is 6.07 Å². The van der Waals surface area contributed by atoms with Crippen molar-refractivity contribution in [3.8, 4) is 28.8 Å². The molecule has 0 unspecified atom stereocenters. The van der Waals surface area contributed by atoms with Gasteiger partial charge in [0.05, 0.1) is 13.7 Å². The van der Waals surface area contributed by atoms with Gasteiger partial charge in [0.15, 0.2) is 29.6 Å². The third kappa shape index (κ3) is 4.91. The average Bonchev–Trinajstić information content (AvgIpc) is 3.24. The summed E-state index contributed by atoms with van der Waals surface area (Å²) in [6.45, 7) is 0.320. The molecule has 1 N–H and O–H groups in total. The van der Waals surface area contributed by atoms with Crippen LogP contribution in [0.1, 0.15) is 0 Å². The molecule has 4 rings (SSSR count). The Morgan fingerprint density at radius 3 is 2.56 bits per heavy atom. The summed E-state index contributed by atoms with van der Waals surface area (Å²) < 4.78 is 31.0. The summed E-state index contributed by atoms with van der Waals surface area (Å²) in [5.74, 6) is 1.21. The first-order valence-corrected chi connectivity index (χ1v) is 9.78. The van der Waals surface area contributed by atoms with Crippen LogP contribution in [0.3, 0.4) is 0 Å². The number of ether oxygens (including phenoxy) is 3. The summed E-state index contributed by atoms with van der Waals surface area (Å²) >= 11 is 0. The van der Waals surface area contributed by atoms with Crippen molar-refractivity contribution in [1.29, 1.82) is 0 Å². The maximum Gasteiger partial charge on any atom is 0.258 e. The molecule has 0 atom stereocenters. The van der Waals surface area contributed by atoms with Crippen molar-refractivity contribution in [3.05, 3.63) is 66.5 Å². The minimum Gasteiger partial charge on any atom is -0.493 e. The van der Waals surface area contributed by atoms with Crippen molar-refractivity contribution in [2.75, 3.05) is 26.9 Å². The number of benzene rings is 2. The Morgan fingerprint density at radius 1 is 1.00 bits per heavy atom. The number of carbonyl (C=O) groups is 1. The van der Waals surface area contributed by atoms with Crippen LogP contribution < -0.4 is 19.5 Å². The van der Waals surface area contributed by atoms with Gasteiger partial charge in [0, 0.05) is 11.6 Å². The Hall–Kier alpha value is -4.21. The zero-order valence-electron chi connectivity index (χ0n) is 17.2. The summed E-state index contributed by atoms with van der Waals surface area (Å²) in [5, 5.41) is 15.2. The molecule has 0 spiro atoms. The Balaban J connectivity index is 1.29. The molecular formula is C22H20FN5O4. The third-order valence-electron chi connectivity index (χ3n) is 4.44. The maximum atomic E-state index is 13.2. The highest BCUT2D eigenvalue weighted by Crippen LogP contribution is 2.25. The Morgan fingerprint density at radius 2 is 1.78 bits per heavy atom. The van der Waals surface area contributed by atoms with E-state index in [-0.39, 0.29) is 31.5 Å². The van der Waals surface area contributed by atoms with Crippen LogP contribution in [0.5, 0.6) is 17.4 Å². The molecular weight excluding hydrogens is 417 g/mol. The molecule has 10 heteroatoms. The first kappa shape index (κ1) is 21.0. The van der Waals surface area contributed by atoms with Crippen LogP contribution in [0.4, 0.5) is 4.39 Å². The van der Waals surface area contributed by atoms with Crippen molar-refractivity contribution < 1.29 is 23.4 Å². The van der Waals surface area contributed by atoms with Gasteiger partial charge in [0.1, 0.15) is 12.4 Å². The zero-order chi connectivity index (χ0) is 22.3. The SMILES string of the molecule is COc1ccccc1OCC(=O)NCCOc1ccc2nnc(-c3ccc(F)cc3)n2n1. The lowest BCUT2D eigenvalue weighted by Crippen LogP contribution is -2.32. The summed E-state index contributed by atoms with van der Waals surface area (Å²) in [5.41, 5.74) is 1.20. The van der Waals surface area contributed by atoms with E-state index in [1.165, 1.54) is 23.8 Å². The van der Waals surface area contributed by atoms with Crippen LogP contribution in [0.15, 0.2) is 60.7 Å². The number of methoxy groups -OCH3 is 1. The van der Waals surface area contributed by atoms with Gasteiger partial charge in [-0.15, -0.1) is 15.3 Å². The van der Waals surface area contributed by atoms with Gasteiger partial charge in [-0.1, -0.05) is 12.1 Å². The van der Waals surface area contributed by atoms with Gasteiger partial charge in [0.25, 0.3) is 5.91 Å². The van der Waals surface area contributed by atoms with Crippen LogP contribution in [0.25, 0.3) is 17.0 Å². The number of carbonyl (C=O) groups excluding carboxylic acids is 1. The first-order valence-electron chi connectivity index (χ1n) is 9.78. The van der Waals surface area contributed by atoms with Gasteiger partial charge in [-0.3, -0.25) is 4.79 Å².